The molecule has 2 aromatic heterocycles. The molecule has 6 heteroatoms. The van der Waals surface area contributed by atoms with Gasteiger partial charge in [0.1, 0.15) is 12.7 Å². The maximum absolute atomic E-state index is 12.7. The summed E-state index contributed by atoms with van der Waals surface area (Å²) in [6, 6.07) is 19.7. The standard InChI is InChI=1S/C23H23N5O/c1-16-4-5-17(2)28(16)22-12-8-20(9-13-22)23(29)26-18(3)19-6-10-21(11-7-19)27-15-24-14-25-27/h4-15,18H,1-3H3,(H,26,29)/t18-/m0/s1. The van der Waals surface area contributed by atoms with Gasteiger partial charge in [-0.2, -0.15) is 5.10 Å². The molecule has 0 radical (unpaired) electrons. The van der Waals surface area contributed by atoms with Crippen LogP contribution in [0.4, 0.5) is 0 Å². The highest BCUT2D eigenvalue weighted by Gasteiger charge is 2.12. The number of carbonyl (C=O) groups is 1. The van der Waals surface area contributed by atoms with Crippen LogP contribution in [0.3, 0.4) is 0 Å². The first-order chi connectivity index (χ1) is 14.0. The Balaban J connectivity index is 1.45. The van der Waals surface area contributed by atoms with Crippen molar-refractivity contribution in [3.05, 3.63) is 95.8 Å². The topological polar surface area (TPSA) is 64.7 Å². The van der Waals surface area contributed by atoms with Crippen LogP contribution in [0.1, 0.15) is 40.3 Å². The highest BCUT2D eigenvalue weighted by Crippen LogP contribution is 2.19. The normalized spacial score (nSPS) is 12.0. The van der Waals surface area contributed by atoms with Crippen molar-refractivity contribution in [2.45, 2.75) is 26.8 Å². The zero-order chi connectivity index (χ0) is 20.4. The van der Waals surface area contributed by atoms with Crippen LogP contribution in [0, 0.1) is 13.8 Å². The molecule has 0 aliphatic rings. The lowest BCUT2D eigenvalue weighted by atomic mass is 10.1. The van der Waals surface area contributed by atoms with E-state index in [9.17, 15) is 4.79 Å². The van der Waals surface area contributed by atoms with E-state index in [0.29, 0.717) is 5.56 Å². The van der Waals surface area contributed by atoms with E-state index in [2.05, 4.69) is 45.9 Å². The van der Waals surface area contributed by atoms with Gasteiger partial charge in [-0.3, -0.25) is 4.79 Å². The number of carbonyl (C=O) groups excluding carboxylic acids is 1. The van der Waals surface area contributed by atoms with E-state index < -0.39 is 0 Å². The van der Waals surface area contributed by atoms with Crippen LogP contribution in [-0.4, -0.2) is 25.2 Å². The molecule has 4 rings (SSSR count). The maximum Gasteiger partial charge on any atom is 0.251 e. The molecule has 6 nitrogen and oxygen atoms in total. The molecule has 0 bridgehead atoms. The second-order valence-corrected chi connectivity index (χ2v) is 7.13. The van der Waals surface area contributed by atoms with E-state index >= 15 is 0 Å². The van der Waals surface area contributed by atoms with Gasteiger partial charge in [-0.15, -0.1) is 0 Å². The molecule has 1 amide bonds. The highest BCUT2D eigenvalue weighted by molar-refractivity contribution is 5.94. The Bertz CT molecular complexity index is 1090. The van der Waals surface area contributed by atoms with Crippen LogP contribution in [-0.2, 0) is 0 Å². The molecule has 4 aromatic rings. The minimum Gasteiger partial charge on any atom is -0.346 e. The van der Waals surface area contributed by atoms with Crippen molar-refractivity contribution in [3.63, 3.8) is 0 Å². The summed E-state index contributed by atoms with van der Waals surface area (Å²) < 4.78 is 3.86. The molecule has 1 N–H and O–H groups in total. The van der Waals surface area contributed by atoms with Gasteiger partial charge in [0.25, 0.3) is 5.91 Å². The third-order valence-corrected chi connectivity index (χ3v) is 5.08. The van der Waals surface area contributed by atoms with Gasteiger partial charge in [-0.1, -0.05) is 12.1 Å². The zero-order valence-electron chi connectivity index (χ0n) is 16.7. The number of nitrogens with one attached hydrogen (secondary N) is 1. The average Bonchev–Trinajstić information content (AvgIpc) is 3.38. The lowest BCUT2D eigenvalue weighted by Gasteiger charge is -2.15. The van der Waals surface area contributed by atoms with Crippen molar-refractivity contribution in [1.82, 2.24) is 24.6 Å². The Morgan fingerprint density at radius 1 is 0.897 bits per heavy atom. The zero-order valence-corrected chi connectivity index (χ0v) is 16.7. The Labute approximate surface area is 169 Å². The third kappa shape index (κ3) is 3.82. The van der Waals surface area contributed by atoms with Crippen LogP contribution in [0.25, 0.3) is 11.4 Å². The third-order valence-electron chi connectivity index (χ3n) is 5.08. The molecule has 146 valence electrons. The first kappa shape index (κ1) is 18.7. The van der Waals surface area contributed by atoms with Crippen LogP contribution >= 0.6 is 0 Å². The van der Waals surface area contributed by atoms with Crippen molar-refractivity contribution in [1.29, 1.82) is 0 Å². The summed E-state index contributed by atoms with van der Waals surface area (Å²) in [6.45, 7) is 6.12. The van der Waals surface area contributed by atoms with Gasteiger partial charge in [0.2, 0.25) is 0 Å². The number of benzene rings is 2. The molecule has 1 atom stereocenters. The van der Waals surface area contributed by atoms with Gasteiger partial charge in [-0.05, 0) is 74.9 Å². The van der Waals surface area contributed by atoms with Crippen molar-refractivity contribution in [2.24, 2.45) is 0 Å². The van der Waals surface area contributed by atoms with Crippen molar-refractivity contribution in [3.8, 4) is 11.4 Å². The van der Waals surface area contributed by atoms with E-state index in [1.165, 1.54) is 17.7 Å². The van der Waals surface area contributed by atoms with Crippen LogP contribution in [0.15, 0.2) is 73.3 Å². The molecule has 2 heterocycles. The van der Waals surface area contributed by atoms with Gasteiger partial charge in [0, 0.05) is 22.6 Å². The van der Waals surface area contributed by atoms with Crippen molar-refractivity contribution in [2.75, 3.05) is 0 Å². The average molecular weight is 385 g/mol. The molecule has 0 saturated heterocycles. The van der Waals surface area contributed by atoms with E-state index in [1.54, 1.807) is 11.0 Å². The fraction of sp³-hybridized carbons (Fsp3) is 0.174. The Morgan fingerprint density at radius 3 is 2.10 bits per heavy atom. The number of amides is 1. The van der Waals surface area contributed by atoms with Crippen molar-refractivity contribution >= 4 is 5.91 Å². The monoisotopic (exact) mass is 385 g/mol. The Morgan fingerprint density at radius 2 is 1.52 bits per heavy atom. The number of nitrogens with zero attached hydrogens (tertiary/aromatic N) is 4. The van der Waals surface area contributed by atoms with Gasteiger partial charge in [0.05, 0.1) is 11.7 Å². The second-order valence-electron chi connectivity index (χ2n) is 7.13. The summed E-state index contributed by atoms with van der Waals surface area (Å²) in [4.78, 5) is 16.6. The minimum atomic E-state index is -0.110. The SMILES string of the molecule is Cc1ccc(C)n1-c1ccc(C(=O)N[C@@H](C)c2ccc(-n3cncn3)cc2)cc1. The minimum absolute atomic E-state index is 0.0923. The molecule has 0 saturated carbocycles. The van der Waals surface area contributed by atoms with E-state index in [4.69, 9.17) is 0 Å². The quantitative estimate of drug-likeness (QED) is 0.561. The second kappa shape index (κ2) is 7.75. The number of aryl methyl sites for hydroxylation is 2. The number of hydrogen-bond donors (Lipinski definition) is 1. The molecular formula is C23H23N5O. The lowest BCUT2D eigenvalue weighted by molar-refractivity contribution is 0.0940. The van der Waals surface area contributed by atoms with Crippen LogP contribution in [0.5, 0.6) is 0 Å². The lowest BCUT2D eigenvalue weighted by Crippen LogP contribution is -2.26. The Kier molecular flexibility index (Phi) is 4.99. The van der Waals surface area contributed by atoms with Gasteiger partial charge >= 0.3 is 0 Å². The van der Waals surface area contributed by atoms with Crippen LogP contribution < -0.4 is 5.32 Å². The van der Waals surface area contributed by atoms with E-state index in [0.717, 1.165) is 16.9 Å². The number of aromatic nitrogens is 4. The van der Waals surface area contributed by atoms with Gasteiger partial charge < -0.3 is 9.88 Å². The molecule has 0 aliphatic carbocycles. The fourth-order valence-corrected chi connectivity index (χ4v) is 3.46. The summed E-state index contributed by atoms with van der Waals surface area (Å²) >= 11 is 0. The fourth-order valence-electron chi connectivity index (χ4n) is 3.46. The smallest absolute Gasteiger partial charge is 0.251 e. The molecule has 0 fully saturated rings. The van der Waals surface area contributed by atoms with E-state index in [-0.39, 0.29) is 11.9 Å². The first-order valence-corrected chi connectivity index (χ1v) is 9.54. The molecule has 0 unspecified atom stereocenters. The van der Waals surface area contributed by atoms with Gasteiger partial charge in [0.15, 0.2) is 0 Å². The summed E-state index contributed by atoms with van der Waals surface area (Å²) in [5.41, 5.74) is 5.99. The number of rotatable bonds is 5. The van der Waals surface area contributed by atoms with E-state index in [1.807, 2.05) is 55.5 Å². The van der Waals surface area contributed by atoms with Crippen LogP contribution in [0.2, 0.25) is 0 Å². The first-order valence-electron chi connectivity index (χ1n) is 9.54. The summed E-state index contributed by atoms with van der Waals surface area (Å²) in [5.74, 6) is -0.0923. The molecule has 29 heavy (non-hydrogen) atoms. The Hall–Kier alpha value is -3.67. The molecular weight excluding hydrogens is 362 g/mol. The maximum atomic E-state index is 12.7. The predicted molar refractivity (Wildman–Crippen MR) is 112 cm³/mol. The summed E-state index contributed by atoms with van der Waals surface area (Å²) in [5, 5.41) is 7.18. The number of hydrogen-bond acceptors (Lipinski definition) is 3. The summed E-state index contributed by atoms with van der Waals surface area (Å²) in [7, 11) is 0. The summed E-state index contributed by atoms with van der Waals surface area (Å²) in [6.07, 6.45) is 3.15. The molecule has 0 aliphatic heterocycles. The highest BCUT2D eigenvalue weighted by atomic mass is 16.1. The van der Waals surface area contributed by atoms with Crippen molar-refractivity contribution < 1.29 is 4.79 Å². The molecule has 0 spiro atoms. The van der Waals surface area contributed by atoms with Gasteiger partial charge in [-0.25, -0.2) is 9.67 Å². The molecule has 2 aromatic carbocycles. The largest absolute Gasteiger partial charge is 0.346 e. The predicted octanol–water partition coefficient (Wildman–Crippen LogP) is 4.17.